The summed E-state index contributed by atoms with van der Waals surface area (Å²) in [7, 11) is 0. The molecule has 8 heteroatoms. The molecule has 1 aliphatic heterocycles. The third kappa shape index (κ3) is 4.38. The van der Waals surface area contributed by atoms with Crippen LogP contribution in [0.25, 0.3) is 11.4 Å². The van der Waals surface area contributed by atoms with Gasteiger partial charge in [0.1, 0.15) is 11.6 Å². The maximum Gasteiger partial charge on any atom is 0.244 e. The van der Waals surface area contributed by atoms with Gasteiger partial charge >= 0.3 is 0 Å². The minimum atomic E-state index is -0.294. The first-order valence-corrected chi connectivity index (χ1v) is 10.1. The lowest BCUT2D eigenvalue weighted by atomic mass is 9.95. The van der Waals surface area contributed by atoms with Gasteiger partial charge in [-0.05, 0) is 63.5 Å². The number of hydrogen-bond donors (Lipinski definition) is 1. The van der Waals surface area contributed by atoms with Crippen molar-refractivity contribution >= 4 is 11.7 Å². The summed E-state index contributed by atoms with van der Waals surface area (Å²) in [5.41, 5.74) is 1.16. The fourth-order valence-electron chi connectivity index (χ4n) is 3.62. The van der Waals surface area contributed by atoms with Crippen molar-refractivity contribution in [3.8, 4) is 11.4 Å². The third-order valence-electron chi connectivity index (χ3n) is 5.59. The van der Waals surface area contributed by atoms with E-state index < -0.39 is 0 Å². The van der Waals surface area contributed by atoms with E-state index in [1.165, 1.54) is 6.07 Å². The van der Waals surface area contributed by atoms with Crippen molar-refractivity contribution in [1.29, 1.82) is 0 Å². The van der Waals surface area contributed by atoms with Crippen molar-refractivity contribution in [3.05, 3.63) is 59.9 Å². The second-order valence-corrected chi connectivity index (χ2v) is 7.61. The van der Waals surface area contributed by atoms with E-state index >= 15 is 0 Å². The van der Waals surface area contributed by atoms with Crippen LogP contribution in [0.3, 0.4) is 0 Å². The number of rotatable bonds is 5. The molecule has 1 atom stereocenters. The minimum Gasteiger partial charge on any atom is -0.337 e. The van der Waals surface area contributed by atoms with Crippen LogP contribution in [-0.4, -0.2) is 39.0 Å². The summed E-state index contributed by atoms with van der Waals surface area (Å²) in [4.78, 5) is 23.3. The molecule has 7 nitrogen and oxygen atoms in total. The molecule has 3 heterocycles. The zero-order chi connectivity index (χ0) is 21.1. The number of pyridine rings is 1. The molecule has 0 bridgehead atoms. The zero-order valence-corrected chi connectivity index (χ0v) is 17.0. The van der Waals surface area contributed by atoms with E-state index in [-0.39, 0.29) is 23.7 Å². The van der Waals surface area contributed by atoms with Gasteiger partial charge in [0, 0.05) is 17.7 Å². The van der Waals surface area contributed by atoms with Crippen LogP contribution in [0.4, 0.5) is 10.2 Å². The van der Waals surface area contributed by atoms with Gasteiger partial charge in [-0.3, -0.25) is 9.69 Å². The number of aryl methyl sites for hydroxylation is 1. The quantitative estimate of drug-likeness (QED) is 0.686. The first kappa shape index (κ1) is 20.2. The number of amides is 1. The first-order chi connectivity index (χ1) is 14.5. The van der Waals surface area contributed by atoms with Crippen LogP contribution in [0.5, 0.6) is 0 Å². The van der Waals surface area contributed by atoms with Gasteiger partial charge in [-0.25, -0.2) is 9.37 Å². The number of nitrogens with one attached hydrogen (secondary N) is 1. The number of anilines is 1. The van der Waals surface area contributed by atoms with Gasteiger partial charge in [0.2, 0.25) is 17.6 Å². The summed E-state index contributed by atoms with van der Waals surface area (Å²) < 4.78 is 19.3. The summed E-state index contributed by atoms with van der Waals surface area (Å²) in [6, 6.07) is 10.3. The van der Waals surface area contributed by atoms with E-state index in [1.807, 2.05) is 19.1 Å². The molecule has 0 radical (unpaired) electrons. The van der Waals surface area contributed by atoms with E-state index in [0.717, 1.165) is 25.9 Å². The fraction of sp³-hybridized carbons (Fsp3) is 0.364. The van der Waals surface area contributed by atoms with E-state index in [0.29, 0.717) is 28.7 Å². The van der Waals surface area contributed by atoms with Crippen molar-refractivity contribution in [2.45, 2.75) is 32.7 Å². The van der Waals surface area contributed by atoms with E-state index in [1.54, 1.807) is 31.3 Å². The highest BCUT2D eigenvalue weighted by Crippen LogP contribution is 2.28. The smallest absolute Gasteiger partial charge is 0.244 e. The SMILES string of the molecule is Cc1ccc(-c2noc(C(C)N3CCC(C(=O)Nc4ccccn4)CC3)n2)cc1F. The second kappa shape index (κ2) is 8.71. The molecule has 2 aromatic heterocycles. The molecule has 30 heavy (non-hydrogen) atoms. The molecule has 1 saturated heterocycles. The number of nitrogens with zero attached hydrogens (tertiary/aromatic N) is 4. The molecular formula is C22H24FN5O2. The Balaban J connectivity index is 1.35. The molecule has 0 spiro atoms. The molecule has 1 aliphatic rings. The Kier molecular flexibility index (Phi) is 5.85. The van der Waals surface area contributed by atoms with Crippen LogP contribution in [0.15, 0.2) is 47.1 Å². The number of hydrogen-bond acceptors (Lipinski definition) is 6. The van der Waals surface area contributed by atoms with Crippen LogP contribution < -0.4 is 5.32 Å². The number of carbonyl (C=O) groups excluding carboxylic acids is 1. The van der Waals surface area contributed by atoms with Gasteiger partial charge < -0.3 is 9.84 Å². The maximum atomic E-state index is 13.8. The number of aromatic nitrogens is 3. The summed E-state index contributed by atoms with van der Waals surface area (Å²) in [5.74, 6) is 1.09. The Morgan fingerprint density at radius 2 is 2.07 bits per heavy atom. The molecule has 1 fully saturated rings. The molecule has 0 saturated carbocycles. The van der Waals surface area contributed by atoms with Gasteiger partial charge in [0.15, 0.2) is 0 Å². The monoisotopic (exact) mass is 409 g/mol. The largest absolute Gasteiger partial charge is 0.337 e. The summed E-state index contributed by atoms with van der Waals surface area (Å²) >= 11 is 0. The molecule has 1 aromatic carbocycles. The third-order valence-corrected chi connectivity index (χ3v) is 5.59. The minimum absolute atomic E-state index is 0.00229. The molecule has 156 valence electrons. The second-order valence-electron chi connectivity index (χ2n) is 7.61. The van der Waals surface area contributed by atoms with Gasteiger partial charge in [-0.15, -0.1) is 0 Å². The lowest BCUT2D eigenvalue weighted by molar-refractivity contribution is -0.121. The number of piperidine rings is 1. The topological polar surface area (TPSA) is 84.2 Å². The van der Waals surface area contributed by atoms with Gasteiger partial charge in [-0.2, -0.15) is 4.98 Å². The van der Waals surface area contributed by atoms with Gasteiger partial charge in [0.05, 0.1) is 6.04 Å². The van der Waals surface area contributed by atoms with E-state index in [9.17, 15) is 9.18 Å². The summed E-state index contributed by atoms with van der Waals surface area (Å²) in [6.45, 7) is 5.21. The molecule has 1 N–H and O–H groups in total. The van der Waals surface area contributed by atoms with Crippen LogP contribution >= 0.6 is 0 Å². The Bertz CT molecular complexity index is 1020. The van der Waals surface area contributed by atoms with E-state index in [2.05, 4.69) is 25.3 Å². The molecule has 1 unspecified atom stereocenters. The predicted molar refractivity (Wildman–Crippen MR) is 110 cm³/mol. The number of halogens is 1. The van der Waals surface area contributed by atoms with Crippen LogP contribution in [-0.2, 0) is 4.79 Å². The molecule has 1 amide bonds. The molecule has 3 aromatic rings. The summed E-state index contributed by atoms with van der Waals surface area (Å²) in [5, 5.41) is 6.89. The molecule has 0 aliphatic carbocycles. The Labute approximate surface area is 174 Å². The van der Waals surface area contributed by atoms with E-state index in [4.69, 9.17) is 4.52 Å². The van der Waals surface area contributed by atoms with Crippen molar-refractivity contribution < 1.29 is 13.7 Å². The zero-order valence-electron chi connectivity index (χ0n) is 17.0. The van der Waals surface area contributed by atoms with Crippen molar-refractivity contribution in [1.82, 2.24) is 20.0 Å². The van der Waals surface area contributed by atoms with Crippen molar-refractivity contribution in [2.75, 3.05) is 18.4 Å². The standard InChI is InChI=1S/C22H24FN5O2/c1-14-6-7-17(13-18(14)23)20-26-22(30-27-20)15(2)28-11-8-16(9-12-28)21(29)25-19-5-3-4-10-24-19/h3-7,10,13,15-16H,8-9,11-12H2,1-2H3,(H,24,25,29). The average Bonchev–Trinajstić information content (AvgIpc) is 3.26. The fourth-order valence-corrected chi connectivity index (χ4v) is 3.62. The van der Waals surface area contributed by atoms with Crippen LogP contribution in [0.1, 0.15) is 37.3 Å². The lowest BCUT2D eigenvalue weighted by Crippen LogP contribution is -2.39. The predicted octanol–water partition coefficient (Wildman–Crippen LogP) is 3.99. The first-order valence-electron chi connectivity index (χ1n) is 10.1. The van der Waals surface area contributed by atoms with Gasteiger partial charge in [0.25, 0.3) is 0 Å². The highest BCUT2D eigenvalue weighted by Gasteiger charge is 2.30. The Morgan fingerprint density at radius 1 is 1.27 bits per heavy atom. The highest BCUT2D eigenvalue weighted by atomic mass is 19.1. The van der Waals surface area contributed by atoms with Crippen molar-refractivity contribution in [3.63, 3.8) is 0 Å². The van der Waals surface area contributed by atoms with Crippen LogP contribution in [0.2, 0.25) is 0 Å². The number of carbonyl (C=O) groups is 1. The molecular weight excluding hydrogens is 385 g/mol. The molecule has 4 rings (SSSR count). The van der Waals surface area contributed by atoms with Gasteiger partial charge in [-0.1, -0.05) is 23.4 Å². The average molecular weight is 409 g/mol. The number of benzene rings is 1. The normalized spacial score (nSPS) is 16.4. The maximum absolute atomic E-state index is 13.8. The lowest BCUT2D eigenvalue weighted by Gasteiger charge is -2.33. The Hall–Kier alpha value is -3.13. The Morgan fingerprint density at radius 3 is 2.77 bits per heavy atom. The highest BCUT2D eigenvalue weighted by molar-refractivity contribution is 5.91. The van der Waals surface area contributed by atoms with Crippen LogP contribution in [0, 0.1) is 18.7 Å². The summed E-state index contributed by atoms with van der Waals surface area (Å²) in [6.07, 6.45) is 3.14. The van der Waals surface area contributed by atoms with Crippen molar-refractivity contribution in [2.24, 2.45) is 5.92 Å². The number of likely N-dealkylation sites (tertiary alicyclic amines) is 1.